The Morgan fingerprint density at radius 2 is 1.66 bits per heavy atom. The lowest BCUT2D eigenvalue weighted by molar-refractivity contribution is -0.132. The molecule has 0 unspecified atom stereocenters. The molecule has 2 N–H and O–H groups in total. The highest BCUT2D eigenvalue weighted by Gasteiger charge is 2.24. The van der Waals surface area contributed by atoms with E-state index in [1.807, 2.05) is 25.7 Å². The van der Waals surface area contributed by atoms with E-state index >= 15 is 0 Å². The summed E-state index contributed by atoms with van der Waals surface area (Å²) >= 11 is 0. The van der Waals surface area contributed by atoms with E-state index in [-0.39, 0.29) is 41.7 Å². The van der Waals surface area contributed by atoms with E-state index in [9.17, 15) is 14.0 Å². The highest BCUT2D eigenvalue weighted by molar-refractivity contribution is 5.79. The summed E-state index contributed by atoms with van der Waals surface area (Å²) in [6, 6.07) is 6.41. The van der Waals surface area contributed by atoms with Crippen LogP contribution in [0.15, 0.2) is 24.3 Å². The second-order valence-electron chi connectivity index (χ2n) is 9.11. The molecule has 0 spiro atoms. The van der Waals surface area contributed by atoms with Crippen LogP contribution in [-0.4, -0.2) is 66.4 Å². The molecule has 2 rings (SSSR count). The molecule has 162 valence electrons. The van der Waals surface area contributed by atoms with Crippen LogP contribution in [0, 0.1) is 11.7 Å². The second-order valence-corrected chi connectivity index (χ2v) is 9.11. The Labute approximate surface area is 173 Å². The van der Waals surface area contributed by atoms with Crippen molar-refractivity contribution in [2.45, 2.75) is 46.2 Å². The molecule has 0 bridgehead atoms. The summed E-state index contributed by atoms with van der Waals surface area (Å²) in [6.07, 6.45) is 0. The molecule has 0 saturated carbocycles. The molecule has 29 heavy (non-hydrogen) atoms. The van der Waals surface area contributed by atoms with Gasteiger partial charge in [-0.1, -0.05) is 26.0 Å². The van der Waals surface area contributed by atoms with Crippen molar-refractivity contribution < 1.29 is 14.0 Å². The average Bonchev–Trinajstić information content (AvgIpc) is 2.62. The van der Waals surface area contributed by atoms with Gasteiger partial charge < -0.3 is 15.5 Å². The predicted molar refractivity (Wildman–Crippen MR) is 113 cm³/mol. The van der Waals surface area contributed by atoms with Gasteiger partial charge in [0.15, 0.2) is 0 Å². The lowest BCUT2D eigenvalue weighted by atomic mass is 9.96. The zero-order chi connectivity index (χ0) is 21.6. The number of benzene rings is 1. The van der Waals surface area contributed by atoms with Crippen molar-refractivity contribution in [1.29, 1.82) is 0 Å². The van der Waals surface area contributed by atoms with Gasteiger partial charge in [0.25, 0.3) is 0 Å². The van der Waals surface area contributed by atoms with E-state index in [0.717, 1.165) is 5.56 Å². The second kappa shape index (κ2) is 10.2. The molecule has 0 aromatic heterocycles. The van der Waals surface area contributed by atoms with Gasteiger partial charge in [0.1, 0.15) is 5.82 Å². The smallest absolute Gasteiger partial charge is 0.236 e. The molecule has 6 nitrogen and oxygen atoms in total. The first-order valence-corrected chi connectivity index (χ1v) is 10.3. The predicted octanol–water partition coefficient (Wildman–Crippen LogP) is 2.17. The number of amides is 2. The molecule has 1 saturated heterocycles. The zero-order valence-electron chi connectivity index (χ0n) is 18.3. The maximum Gasteiger partial charge on any atom is 0.236 e. The van der Waals surface area contributed by atoms with Crippen molar-refractivity contribution >= 4 is 11.8 Å². The maximum atomic E-state index is 13.2. The molecule has 2 amide bonds. The molecular weight excluding hydrogens is 371 g/mol. The van der Waals surface area contributed by atoms with Crippen LogP contribution >= 0.6 is 0 Å². The van der Waals surface area contributed by atoms with E-state index in [1.54, 1.807) is 12.1 Å². The van der Waals surface area contributed by atoms with Crippen LogP contribution in [0.3, 0.4) is 0 Å². The van der Waals surface area contributed by atoms with Crippen molar-refractivity contribution in [3.8, 4) is 0 Å². The molecule has 1 aromatic rings. The first kappa shape index (κ1) is 23.3. The minimum Gasteiger partial charge on any atom is -0.350 e. The first-order valence-electron chi connectivity index (χ1n) is 10.3. The van der Waals surface area contributed by atoms with Crippen LogP contribution in [0.25, 0.3) is 0 Å². The van der Waals surface area contributed by atoms with Crippen LogP contribution in [0.4, 0.5) is 4.39 Å². The summed E-state index contributed by atoms with van der Waals surface area (Å²) in [4.78, 5) is 28.6. The number of halogens is 1. The van der Waals surface area contributed by atoms with Crippen LogP contribution in [0.2, 0.25) is 0 Å². The average molecular weight is 407 g/mol. The molecule has 0 aliphatic carbocycles. The molecule has 1 fully saturated rings. The molecule has 1 atom stereocenters. The number of nitrogens with one attached hydrogen (secondary N) is 2. The van der Waals surface area contributed by atoms with Gasteiger partial charge in [0.2, 0.25) is 11.8 Å². The number of nitrogens with zero attached hydrogens (tertiary/aromatic N) is 2. The quantitative estimate of drug-likeness (QED) is 0.729. The number of rotatable bonds is 7. The molecule has 1 aliphatic rings. The molecule has 0 radical (unpaired) electrons. The van der Waals surface area contributed by atoms with Crippen molar-refractivity contribution in [3.05, 3.63) is 35.6 Å². The largest absolute Gasteiger partial charge is 0.350 e. The Bertz CT molecular complexity index is 677. The van der Waals surface area contributed by atoms with E-state index in [4.69, 9.17) is 0 Å². The Hall–Kier alpha value is -1.99. The fourth-order valence-electron chi connectivity index (χ4n) is 3.53. The number of carbonyl (C=O) groups is 2. The fraction of sp³-hybridized carbons (Fsp3) is 0.636. The number of carbonyl (C=O) groups excluding carboxylic acids is 2. The highest BCUT2D eigenvalue weighted by Crippen LogP contribution is 2.21. The lowest BCUT2D eigenvalue weighted by Gasteiger charge is -2.35. The topological polar surface area (TPSA) is 64.7 Å². The third-order valence-corrected chi connectivity index (χ3v) is 4.98. The molecule has 1 aromatic carbocycles. The number of hydrogen-bond donors (Lipinski definition) is 2. The van der Waals surface area contributed by atoms with Crippen molar-refractivity contribution in [2.75, 3.05) is 39.3 Å². The third kappa shape index (κ3) is 7.74. The minimum absolute atomic E-state index is 0.0121. The van der Waals surface area contributed by atoms with Crippen LogP contribution in [0.5, 0.6) is 0 Å². The van der Waals surface area contributed by atoms with Gasteiger partial charge in [-0.3, -0.25) is 14.5 Å². The normalized spacial score (nSPS) is 16.7. The highest BCUT2D eigenvalue weighted by atomic mass is 19.1. The van der Waals surface area contributed by atoms with Gasteiger partial charge in [0.05, 0.1) is 13.1 Å². The Kier molecular flexibility index (Phi) is 8.16. The SMILES string of the molecule is CC(C)[C@@H](NCC(=O)N1CCN(CC(=O)NC(C)(C)C)CC1)c1ccc(F)cc1. The first-order chi connectivity index (χ1) is 13.5. The van der Waals surface area contributed by atoms with Crippen LogP contribution in [-0.2, 0) is 9.59 Å². The van der Waals surface area contributed by atoms with E-state index in [1.165, 1.54) is 12.1 Å². The van der Waals surface area contributed by atoms with Gasteiger partial charge in [-0.2, -0.15) is 0 Å². The minimum atomic E-state index is -0.263. The summed E-state index contributed by atoms with van der Waals surface area (Å²) in [5.74, 6) is 0.0717. The van der Waals surface area contributed by atoms with E-state index in [2.05, 4.69) is 29.4 Å². The van der Waals surface area contributed by atoms with Crippen molar-refractivity contribution in [2.24, 2.45) is 5.92 Å². The fourth-order valence-corrected chi connectivity index (χ4v) is 3.53. The molecular formula is C22H35FN4O2. The monoisotopic (exact) mass is 406 g/mol. The van der Waals surface area contributed by atoms with Gasteiger partial charge in [-0.05, 0) is 44.4 Å². The van der Waals surface area contributed by atoms with Gasteiger partial charge in [-0.25, -0.2) is 4.39 Å². The standard InChI is InChI=1S/C22H35FN4O2/c1-16(2)21(17-6-8-18(23)9-7-17)24-14-20(29)27-12-10-26(11-13-27)15-19(28)25-22(3,4)5/h6-9,16,21,24H,10-15H2,1-5H3,(H,25,28)/t21-/m1/s1. The third-order valence-electron chi connectivity index (χ3n) is 4.98. The number of hydrogen-bond acceptors (Lipinski definition) is 4. The van der Waals surface area contributed by atoms with Gasteiger partial charge in [0, 0.05) is 37.8 Å². The van der Waals surface area contributed by atoms with E-state index in [0.29, 0.717) is 32.7 Å². The summed E-state index contributed by atoms with van der Waals surface area (Å²) in [6.45, 7) is 13.3. The zero-order valence-corrected chi connectivity index (χ0v) is 18.3. The number of piperazine rings is 1. The van der Waals surface area contributed by atoms with E-state index < -0.39 is 0 Å². The molecule has 1 aliphatic heterocycles. The van der Waals surface area contributed by atoms with Crippen LogP contribution in [0.1, 0.15) is 46.2 Å². The van der Waals surface area contributed by atoms with Gasteiger partial charge in [-0.15, -0.1) is 0 Å². The molecule has 7 heteroatoms. The summed E-state index contributed by atoms with van der Waals surface area (Å²) in [7, 11) is 0. The Morgan fingerprint density at radius 3 is 2.17 bits per heavy atom. The van der Waals surface area contributed by atoms with Gasteiger partial charge >= 0.3 is 0 Å². The van der Waals surface area contributed by atoms with Crippen LogP contribution < -0.4 is 10.6 Å². The molecule has 1 heterocycles. The Balaban J connectivity index is 1.80. The summed E-state index contributed by atoms with van der Waals surface area (Å²) in [5, 5.41) is 6.30. The Morgan fingerprint density at radius 1 is 1.07 bits per heavy atom. The maximum absolute atomic E-state index is 13.2. The summed E-state index contributed by atoms with van der Waals surface area (Å²) in [5.41, 5.74) is 0.738. The lowest BCUT2D eigenvalue weighted by Crippen LogP contribution is -2.54. The summed E-state index contributed by atoms with van der Waals surface area (Å²) < 4.78 is 13.2. The van der Waals surface area contributed by atoms with Crippen molar-refractivity contribution in [3.63, 3.8) is 0 Å². The van der Waals surface area contributed by atoms with Crippen molar-refractivity contribution in [1.82, 2.24) is 20.4 Å².